The molecule has 1 aromatic carbocycles. The van der Waals surface area contributed by atoms with Gasteiger partial charge in [-0.1, -0.05) is 6.07 Å². The fourth-order valence-electron chi connectivity index (χ4n) is 2.97. The number of H-pyrrole nitrogens is 1. The van der Waals surface area contributed by atoms with E-state index in [1.54, 1.807) is 24.6 Å². The maximum atomic E-state index is 12.5. The van der Waals surface area contributed by atoms with Crippen LogP contribution in [-0.2, 0) is 0 Å². The number of fused-ring (bicyclic) bond motifs is 1. The van der Waals surface area contributed by atoms with Crippen molar-refractivity contribution in [1.82, 2.24) is 14.5 Å². The van der Waals surface area contributed by atoms with Gasteiger partial charge in [-0.15, -0.1) is 0 Å². The highest BCUT2D eigenvalue weighted by atomic mass is 32.1. The summed E-state index contributed by atoms with van der Waals surface area (Å²) in [6.45, 7) is 3.98. The summed E-state index contributed by atoms with van der Waals surface area (Å²) >= 11 is 5.28. The SMILES string of the molecule is Cc1ccc(-n2c(O)c(/C=C3/C=Nc4ncccc43)c(=O)[nH]c2=S)cc1C. The number of aliphatic imine (C=N–C) groups is 1. The number of hydrogen-bond donors (Lipinski definition) is 2. The number of aromatic amines is 1. The number of aryl methyl sites for hydroxylation is 2. The Kier molecular flexibility index (Phi) is 4.08. The van der Waals surface area contributed by atoms with Crippen molar-refractivity contribution in [2.45, 2.75) is 13.8 Å². The van der Waals surface area contributed by atoms with Gasteiger partial charge in [-0.2, -0.15) is 0 Å². The number of allylic oxidation sites excluding steroid dienone is 1. The highest BCUT2D eigenvalue weighted by Gasteiger charge is 2.17. The molecule has 0 aliphatic carbocycles. The van der Waals surface area contributed by atoms with Crippen LogP contribution in [0.3, 0.4) is 0 Å². The minimum Gasteiger partial charge on any atom is -0.494 e. The summed E-state index contributed by atoms with van der Waals surface area (Å²) in [6.07, 6.45) is 4.87. The average molecular weight is 376 g/mol. The Labute approximate surface area is 160 Å². The van der Waals surface area contributed by atoms with Crippen LogP contribution in [0.4, 0.5) is 5.82 Å². The van der Waals surface area contributed by atoms with Gasteiger partial charge in [0.25, 0.3) is 5.56 Å². The highest BCUT2D eigenvalue weighted by Crippen LogP contribution is 2.31. The van der Waals surface area contributed by atoms with Crippen molar-refractivity contribution in [2.75, 3.05) is 0 Å². The summed E-state index contributed by atoms with van der Waals surface area (Å²) in [6, 6.07) is 9.37. The molecule has 0 unspecified atom stereocenters. The fourth-order valence-corrected chi connectivity index (χ4v) is 3.25. The number of benzene rings is 1. The predicted octanol–water partition coefficient (Wildman–Crippen LogP) is 3.87. The molecule has 3 aromatic rings. The van der Waals surface area contributed by atoms with Crippen LogP contribution >= 0.6 is 12.2 Å². The van der Waals surface area contributed by atoms with E-state index in [1.807, 2.05) is 38.1 Å². The molecule has 0 atom stereocenters. The van der Waals surface area contributed by atoms with E-state index in [1.165, 1.54) is 4.57 Å². The van der Waals surface area contributed by atoms with Gasteiger partial charge < -0.3 is 5.11 Å². The molecule has 1 aliphatic heterocycles. The second-order valence-corrected chi connectivity index (χ2v) is 6.72. The first-order valence-electron chi connectivity index (χ1n) is 8.33. The topological polar surface area (TPSA) is 83.3 Å². The highest BCUT2D eigenvalue weighted by molar-refractivity contribution is 7.71. The molecule has 27 heavy (non-hydrogen) atoms. The van der Waals surface area contributed by atoms with Crippen LogP contribution in [-0.4, -0.2) is 25.9 Å². The maximum absolute atomic E-state index is 12.5. The fraction of sp³-hybridized carbons (Fsp3) is 0.100. The van der Waals surface area contributed by atoms with E-state index in [0.717, 1.165) is 16.7 Å². The predicted molar refractivity (Wildman–Crippen MR) is 109 cm³/mol. The third-order valence-corrected chi connectivity index (χ3v) is 4.88. The summed E-state index contributed by atoms with van der Waals surface area (Å²) in [7, 11) is 0. The molecule has 7 heteroatoms. The molecule has 1 aliphatic rings. The molecule has 0 bridgehead atoms. The largest absolute Gasteiger partial charge is 0.494 e. The zero-order valence-electron chi connectivity index (χ0n) is 14.7. The van der Waals surface area contributed by atoms with E-state index in [0.29, 0.717) is 17.1 Å². The third-order valence-electron chi connectivity index (χ3n) is 4.59. The van der Waals surface area contributed by atoms with Crippen LogP contribution in [0.1, 0.15) is 22.3 Å². The summed E-state index contributed by atoms with van der Waals surface area (Å²) in [4.78, 5) is 23.5. The van der Waals surface area contributed by atoms with Crippen molar-refractivity contribution >= 4 is 35.9 Å². The second kappa shape index (κ2) is 6.44. The number of rotatable bonds is 2. The first-order chi connectivity index (χ1) is 13.0. The van der Waals surface area contributed by atoms with Gasteiger partial charge in [-0.25, -0.2) is 9.98 Å². The molecule has 0 amide bonds. The van der Waals surface area contributed by atoms with E-state index < -0.39 is 5.56 Å². The van der Waals surface area contributed by atoms with Gasteiger partial charge in [0.1, 0.15) is 5.56 Å². The van der Waals surface area contributed by atoms with Gasteiger partial charge in [0.15, 0.2) is 10.6 Å². The number of nitrogens with one attached hydrogen (secondary N) is 1. The van der Waals surface area contributed by atoms with Crippen molar-refractivity contribution in [3.05, 3.63) is 73.9 Å². The number of aromatic hydroxyl groups is 1. The number of hydrogen-bond acceptors (Lipinski definition) is 5. The molecule has 6 nitrogen and oxygen atoms in total. The lowest BCUT2D eigenvalue weighted by molar-refractivity contribution is 0.432. The minimum absolute atomic E-state index is 0.111. The molecular weight excluding hydrogens is 360 g/mol. The molecule has 4 rings (SSSR count). The Hall–Kier alpha value is -3.32. The molecule has 134 valence electrons. The molecule has 0 saturated carbocycles. The molecule has 3 heterocycles. The monoisotopic (exact) mass is 376 g/mol. The van der Waals surface area contributed by atoms with Crippen LogP contribution in [0.2, 0.25) is 0 Å². The molecule has 0 fully saturated rings. The van der Waals surface area contributed by atoms with Gasteiger partial charge in [0.05, 0.1) is 5.69 Å². The van der Waals surface area contributed by atoms with Gasteiger partial charge >= 0.3 is 0 Å². The molecule has 2 N–H and O–H groups in total. The number of nitrogens with zero attached hydrogens (tertiary/aromatic N) is 3. The van der Waals surface area contributed by atoms with E-state index in [-0.39, 0.29) is 16.2 Å². The zero-order chi connectivity index (χ0) is 19.1. The Bertz CT molecular complexity index is 1250. The third kappa shape index (κ3) is 2.92. The van der Waals surface area contributed by atoms with Crippen molar-refractivity contribution in [1.29, 1.82) is 0 Å². The van der Waals surface area contributed by atoms with Crippen molar-refractivity contribution < 1.29 is 5.11 Å². The Morgan fingerprint density at radius 2 is 2.04 bits per heavy atom. The van der Waals surface area contributed by atoms with E-state index in [4.69, 9.17) is 12.2 Å². The van der Waals surface area contributed by atoms with Crippen LogP contribution in [0, 0.1) is 18.6 Å². The van der Waals surface area contributed by atoms with Gasteiger partial charge in [0, 0.05) is 23.5 Å². The van der Waals surface area contributed by atoms with Crippen molar-refractivity contribution in [3.8, 4) is 11.6 Å². The molecule has 0 spiro atoms. The van der Waals surface area contributed by atoms with Gasteiger partial charge in [0.2, 0.25) is 5.88 Å². The average Bonchev–Trinajstić information content (AvgIpc) is 3.04. The summed E-state index contributed by atoms with van der Waals surface area (Å²) < 4.78 is 1.58. The lowest BCUT2D eigenvalue weighted by Crippen LogP contribution is -2.16. The second-order valence-electron chi connectivity index (χ2n) is 6.33. The van der Waals surface area contributed by atoms with Crippen LogP contribution in [0.25, 0.3) is 17.3 Å². The Morgan fingerprint density at radius 3 is 2.81 bits per heavy atom. The van der Waals surface area contributed by atoms with Gasteiger partial charge in [-0.05, 0) is 67.5 Å². The number of pyridine rings is 1. The normalized spacial score (nSPS) is 13.9. The first kappa shape index (κ1) is 17.1. The van der Waals surface area contributed by atoms with Crippen LogP contribution < -0.4 is 5.56 Å². The maximum Gasteiger partial charge on any atom is 0.262 e. The van der Waals surface area contributed by atoms with E-state index >= 15 is 0 Å². The summed E-state index contributed by atoms with van der Waals surface area (Å²) in [5.41, 5.74) is 4.01. The van der Waals surface area contributed by atoms with Crippen molar-refractivity contribution in [2.24, 2.45) is 4.99 Å². The Morgan fingerprint density at radius 1 is 1.22 bits per heavy atom. The van der Waals surface area contributed by atoms with Crippen LogP contribution in [0.5, 0.6) is 5.88 Å². The van der Waals surface area contributed by atoms with Gasteiger partial charge in [-0.3, -0.25) is 14.3 Å². The smallest absolute Gasteiger partial charge is 0.262 e. The number of aromatic nitrogens is 3. The molecule has 0 saturated heterocycles. The lowest BCUT2D eigenvalue weighted by atomic mass is 10.1. The minimum atomic E-state index is -0.462. The van der Waals surface area contributed by atoms with Crippen LogP contribution in [0.15, 0.2) is 46.3 Å². The lowest BCUT2D eigenvalue weighted by Gasteiger charge is -2.13. The van der Waals surface area contributed by atoms with E-state index in [2.05, 4.69) is 15.0 Å². The van der Waals surface area contributed by atoms with E-state index in [9.17, 15) is 9.90 Å². The molecule has 2 aromatic heterocycles. The zero-order valence-corrected chi connectivity index (χ0v) is 15.5. The Balaban J connectivity index is 1.92. The standard InChI is InChI=1S/C20H16N4O2S/c1-11-5-6-14(8-12(11)2)24-19(26)16(18(25)23-20(24)27)9-13-10-22-17-15(13)4-3-7-21-17/h3-10,26H,1-2H3,(H,23,25,27)/b13-9-. The summed E-state index contributed by atoms with van der Waals surface area (Å²) in [5, 5.41) is 10.8. The quantitative estimate of drug-likeness (QED) is 0.665. The first-order valence-corrected chi connectivity index (χ1v) is 8.73. The molecular formula is C20H16N4O2S. The van der Waals surface area contributed by atoms with Crippen molar-refractivity contribution in [3.63, 3.8) is 0 Å². The summed E-state index contributed by atoms with van der Waals surface area (Å²) in [5.74, 6) is 0.367. The molecule has 0 radical (unpaired) electrons.